The number of nitrogens with one attached hydrogen (secondary N) is 2. The Hall–Kier alpha value is -3.28. The van der Waals surface area contributed by atoms with Crippen LogP contribution >= 0.6 is 0 Å². The lowest BCUT2D eigenvalue weighted by Gasteiger charge is -2.06. The van der Waals surface area contributed by atoms with Crippen molar-refractivity contribution >= 4 is 34.8 Å². The summed E-state index contributed by atoms with van der Waals surface area (Å²) in [6.45, 7) is 0. The van der Waals surface area contributed by atoms with Crippen molar-refractivity contribution in [3.05, 3.63) is 58.7 Å². The average molecular weight is 320 g/mol. The molecule has 118 valence electrons. The van der Waals surface area contributed by atoms with Crippen molar-refractivity contribution in [3.63, 3.8) is 0 Å². The zero-order valence-corrected chi connectivity index (χ0v) is 12.5. The Morgan fingerprint density at radius 3 is 1.46 bits per heavy atom. The summed E-state index contributed by atoms with van der Waals surface area (Å²) in [6.07, 6.45) is 1.31. The van der Waals surface area contributed by atoms with Gasteiger partial charge in [0.1, 0.15) is 0 Å². The van der Waals surface area contributed by atoms with Crippen molar-refractivity contribution in [3.8, 4) is 0 Å². The third-order valence-corrected chi connectivity index (χ3v) is 4.27. The number of hydrogen-bond donors (Lipinski definition) is 2. The summed E-state index contributed by atoms with van der Waals surface area (Å²) in [7, 11) is 0. The van der Waals surface area contributed by atoms with Gasteiger partial charge in [-0.15, -0.1) is 0 Å². The second kappa shape index (κ2) is 5.13. The topological polar surface area (TPSA) is 92.3 Å². The Balaban J connectivity index is 1.53. The van der Waals surface area contributed by atoms with Crippen LogP contribution in [0.3, 0.4) is 0 Å². The van der Waals surface area contributed by atoms with Gasteiger partial charge >= 0.3 is 0 Å². The van der Waals surface area contributed by atoms with E-state index in [1.54, 1.807) is 24.3 Å². The minimum atomic E-state index is -0.601. The molecule has 0 saturated carbocycles. The highest BCUT2D eigenvalue weighted by Crippen LogP contribution is 2.26. The van der Waals surface area contributed by atoms with E-state index in [2.05, 4.69) is 10.6 Å². The van der Waals surface area contributed by atoms with Crippen LogP contribution in [-0.2, 0) is 22.4 Å². The Morgan fingerprint density at radius 2 is 1.04 bits per heavy atom. The van der Waals surface area contributed by atoms with Gasteiger partial charge in [-0.25, -0.2) is 0 Å². The van der Waals surface area contributed by atoms with Gasteiger partial charge < -0.3 is 10.6 Å². The lowest BCUT2D eigenvalue weighted by atomic mass is 9.99. The largest absolute Gasteiger partial charge is 0.318 e. The van der Waals surface area contributed by atoms with Gasteiger partial charge in [0.05, 0.1) is 22.5 Å². The number of rotatable bonds is 3. The zero-order chi connectivity index (χ0) is 16.8. The summed E-state index contributed by atoms with van der Waals surface area (Å²) >= 11 is 0. The number of aryl methyl sites for hydroxylation is 2. The van der Waals surface area contributed by atoms with Crippen molar-refractivity contribution in [2.24, 2.45) is 0 Å². The normalized spacial score (nSPS) is 15.2. The molecule has 0 fully saturated rings. The van der Waals surface area contributed by atoms with Crippen molar-refractivity contribution in [2.75, 3.05) is 10.6 Å². The number of carbonyl (C=O) groups is 4. The van der Waals surface area contributed by atoms with E-state index in [0.717, 1.165) is 11.1 Å². The van der Waals surface area contributed by atoms with Crippen LogP contribution in [0.25, 0.3) is 0 Å². The first-order chi connectivity index (χ1) is 11.5. The fourth-order valence-corrected chi connectivity index (χ4v) is 2.98. The van der Waals surface area contributed by atoms with Crippen LogP contribution in [-0.4, -0.2) is 23.4 Å². The van der Waals surface area contributed by atoms with Gasteiger partial charge in [-0.1, -0.05) is 12.1 Å². The maximum atomic E-state index is 11.7. The van der Waals surface area contributed by atoms with Crippen molar-refractivity contribution < 1.29 is 19.2 Å². The summed E-state index contributed by atoms with van der Waals surface area (Å²) < 4.78 is 0. The predicted molar refractivity (Wildman–Crippen MR) is 86.2 cm³/mol. The lowest BCUT2D eigenvalue weighted by molar-refractivity contribution is -0.112. The van der Waals surface area contributed by atoms with Gasteiger partial charge in [0.15, 0.2) is 0 Å². The molecule has 2 aliphatic rings. The SMILES string of the molecule is O=C1Nc2ccc(CCc3ccc4c(c3)C(=O)C(=O)N4)cc2C1=O. The van der Waals surface area contributed by atoms with E-state index in [-0.39, 0.29) is 0 Å². The lowest BCUT2D eigenvalue weighted by Crippen LogP contribution is -2.12. The van der Waals surface area contributed by atoms with E-state index in [0.29, 0.717) is 35.3 Å². The third-order valence-electron chi connectivity index (χ3n) is 4.27. The molecule has 2 amide bonds. The molecule has 0 aromatic heterocycles. The Morgan fingerprint density at radius 1 is 0.625 bits per heavy atom. The molecule has 0 atom stereocenters. The van der Waals surface area contributed by atoms with Crippen molar-refractivity contribution in [2.45, 2.75) is 12.8 Å². The Bertz CT molecular complexity index is 869. The molecule has 0 radical (unpaired) electrons. The molecule has 6 heteroatoms. The molecule has 2 aromatic rings. The minimum absolute atomic E-state index is 0.399. The minimum Gasteiger partial charge on any atom is -0.318 e. The van der Waals surface area contributed by atoms with Crippen molar-refractivity contribution in [1.82, 2.24) is 0 Å². The number of anilines is 2. The quantitative estimate of drug-likeness (QED) is 0.843. The molecule has 0 aliphatic carbocycles. The molecule has 0 bridgehead atoms. The average Bonchev–Trinajstić information content (AvgIpc) is 3.02. The van der Waals surface area contributed by atoms with Gasteiger partial charge in [-0.3, -0.25) is 19.2 Å². The molecule has 2 aliphatic heterocycles. The number of hydrogen-bond acceptors (Lipinski definition) is 4. The van der Waals surface area contributed by atoms with Gasteiger partial charge in [0.2, 0.25) is 0 Å². The van der Waals surface area contributed by atoms with E-state index in [9.17, 15) is 19.2 Å². The first kappa shape index (κ1) is 14.3. The van der Waals surface area contributed by atoms with E-state index in [4.69, 9.17) is 0 Å². The molecule has 2 aromatic carbocycles. The molecular weight excluding hydrogens is 308 g/mol. The zero-order valence-electron chi connectivity index (χ0n) is 12.5. The van der Waals surface area contributed by atoms with E-state index in [1.165, 1.54) is 0 Å². The Kier molecular flexibility index (Phi) is 3.06. The van der Waals surface area contributed by atoms with Gasteiger partial charge in [-0.05, 0) is 48.2 Å². The monoisotopic (exact) mass is 320 g/mol. The number of benzene rings is 2. The van der Waals surface area contributed by atoms with Crippen LogP contribution in [0.2, 0.25) is 0 Å². The maximum absolute atomic E-state index is 11.7. The Labute approximate surface area is 136 Å². The summed E-state index contributed by atoms with van der Waals surface area (Å²) in [5.41, 5.74) is 3.75. The first-order valence-electron chi connectivity index (χ1n) is 7.50. The number of Topliss-reactive ketones (excluding diaryl/α,β-unsaturated/α-hetero) is 2. The molecule has 0 saturated heterocycles. The number of fused-ring (bicyclic) bond motifs is 2. The second-order valence-corrected chi connectivity index (χ2v) is 5.83. The number of amides is 2. The molecule has 6 nitrogen and oxygen atoms in total. The van der Waals surface area contributed by atoms with Crippen LogP contribution in [0, 0.1) is 0 Å². The van der Waals surface area contributed by atoms with Crippen LogP contribution in [0.4, 0.5) is 11.4 Å². The van der Waals surface area contributed by atoms with E-state index in [1.807, 2.05) is 12.1 Å². The molecule has 0 spiro atoms. The van der Waals surface area contributed by atoms with Crippen LogP contribution < -0.4 is 10.6 Å². The fraction of sp³-hybridized carbons (Fsp3) is 0.111. The molecule has 2 heterocycles. The second-order valence-electron chi connectivity index (χ2n) is 5.83. The van der Waals surface area contributed by atoms with Crippen molar-refractivity contribution in [1.29, 1.82) is 0 Å². The smallest absolute Gasteiger partial charge is 0.296 e. The van der Waals surface area contributed by atoms with E-state index >= 15 is 0 Å². The predicted octanol–water partition coefficient (Wildman–Crippen LogP) is 1.74. The summed E-state index contributed by atoms with van der Waals surface area (Å²) in [5.74, 6) is -2.23. The number of ketones is 2. The van der Waals surface area contributed by atoms with Gasteiger partial charge in [0.25, 0.3) is 23.4 Å². The highest BCUT2D eigenvalue weighted by molar-refractivity contribution is 6.52. The first-order valence-corrected chi connectivity index (χ1v) is 7.50. The maximum Gasteiger partial charge on any atom is 0.296 e. The molecule has 0 unspecified atom stereocenters. The van der Waals surface area contributed by atoms with E-state index < -0.39 is 23.4 Å². The molecule has 24 heavy (non-hydrogen) atoms. The highest BCUT2D eigenvalue weighted by atomic mass is 16.2. The number of carbonyl (C=O) groups excluding carboxylic acids is 4. The fourth-order valence-electron chi connectivity index (χ4n) is 2.98. The third kappa shape index (κ3) is 2.20. The molecule has 2 N–H and O–H groups in total. The molecular formula is C18H12N2O4. The van der Waals surface area contributed by atoms with Gasteiger partial charge in [0, 0.05) is 0 Å². The summed E-state index contributed by atoms with van der Waals surface area (Å²) in [6, 6.07) is 10.6. The summed E-state index contributed by atoms with van der Waals surface area (Å²) in [5, 5.41) is 5.04. The van der Waals surface area contributed by atoms with Crippen LogP contribution in [0.5, 0.6) is 0 Å². The van der Waals surface area contributed by atoms with Crippen LogP contribution in [0.1, 0.15) is 31.8 Å². The van der Waals surface area contributed by atoms with Crippen LogP contribution in [0.15, 0.2) is 36.4 Å². The molecule has 4 rings (SSSR count). The van der Waals surface area contributed by atoms with Gasteiger partial charge in [-0.2, -0.15) is 0 Å². The summed E-state index contributed by atoms with van der Waals surface area (Å²) in [4.78, 5) is 46.2. The standard InChI is InChI=1S/C18H12N2O4/c21-15-11-7-9(3-5-13(11)19-17(15)23)1-2-10-4-6-14-12(8-10)16(22)18(24)20-14/h3-8H,1-2H2,(H,19,21,23)(H,20,22,24). The highest BCUT2D eigenvalue weighted by Gasteiger charge is 2.29.